The monoisotopic (exact) mass is 362 g/mol. The minimum absolute atomic E-state index is 0.408. The van der Waals surface area contributed by atoms with Gasteiger partial charge in [-0.3, -0.25) is 4.99 Å². The van der Waals surface area contributed by atoms with Crippen LogP contribution in [0.5, 0.6) is 5.75 Å². The number of methoxy groups -OCH3 is 1. The lowest BCUT2D eigenvalue weighted by Crippen LogP contribution is -2.43. The van der Waals surface area contributed by atoms with Gasteiger partial charge >= 0.3 is 0 Å². The lowest BCUT2D eigenvalue weighted by molar-refractivity contribution is 0.292. The van der Waals surface area contributed by atoms with Crippen molar-refractivity contribution in [2.75, 3.05) is 40.3 Å². The summed E-state index contributed by atoms with van der Waals surface area (Å²) in [6.07, 6.45) is 3.25. The first-order valence-corrected chi connectivity index (χ1v) is 9.87. The molecule has 0 aliphatic rings. The zero-order valence-electron chi connectivity index (χ0n) is 17.6. The first-order chi connectivity index (χ1) is 12.5. The Balaban J connectivity index is 2.38. The van der Waals surface area contributed by atoms with Crippen molar-refractivity contribution in [2.24, 2.45) is 4.99 Å². The van der Waals surface area contributed by atoms with E-state index in [2.05, 4.69) is 60.4 Å². The van der Waals surface area contributed by atoms with E-state index < -0.39 is 0 Å². The summed E-state index contributed by atoms with van der Waals surface area (Å²) < 4.78 is 5.45. The molecule has 1 rings (SSSR count). The topological polar surface area (TPSA) is 48.9 Å². The number of aryl methyl sites for hydroxylation is 1. The second-order valence-electron chi connectivity index (χ2n) is 6.78. The molecule has 1 atom stereocenters. The van der Waals surface area contributed by atoms with Gasteiger partial charge in [-0.05, 0) is 64.4 Å². The Labute approximate surface area is 160 Å². The number of guanidine groups is 1. The van der Waals surface area contributed by atoms with E-state index in [0.29, 0.717) is 6.04 Å². The second-order valence-corrected chi connectivity index (χ2v) is 6.78. The number of hydrogen-bond donors (Lipinski definition) is 2. The van der Waals surface area contributed by atoms with Gasteiger partial charge in [-0.1, -0.05) is 31.5 Å². The van der Waals surface area contributed by atoms with Crippen molar-refractivity contribution in [2.45, 2.75) is 53.0 Å². The van der Waals surface area contributed by atoms with Crippen molar-refractivity contribution in [1.29, 1.82) is 0 Å². The van der Waals surface area contributed by atoms with Crippen molar-refractivity contribution in [3.63, 3.8) is 0 Å². The number of aliphatic imine (C=N–C) groups is 1. The highest BCUT2D eigenvalue weighted by atomic mass is 16.5. The molecular weight excluding hydrogens is 324 g/mol. The van der Waals surface area contributed by atoms with E-state index in [9.17, 15) is 0 Å². The molecule has 0 heterocycles. The molecule has 1 aromatic rings. The average molecular weight is 363 g/mol. The third kappa shape index (κ3) is 8.09. The first-order valence-electron chi connectivity index (χ1n) is 9.87. The maximum atomic E-state index is 5.45. The summed E-state index contributed by atoms with van der Waals surface area (Å²) >= 11 is 0. The summed E-state index contributed by atoms with van der Waals surface area (Å²) in [6, 6.07) is 6.71. The van der Waals surface area contributed by atoms with E-state index in [0.717, 1.165) is 50.7 Å². The molecule has 0 saturated carbocycles. The van der Waals surface area contributed by atoms with Gasteiger partial charge in [-0.15, -0.1) is 0 Å². The smallest absolute Gasteiger partial charge is 0.191 e. The molecule has 0 radical (unpaired) electrons. The zero-order valence-corrected chi connectivity index (χ0v) is 17.6. The summed E-state index contributed by atoms with van der Waals surface area (Å²) in [5.74, 6) is 1.82. The van der Waals surface area contributed by atoms with Crippen molar-refractivity contribution in [3.8, 4) is 5.75 Å². The summed E-state index contributed by atoms with van der Waals surface area (Å²) in [7, 11) is 3.55. The van der Waals surface area contributed by atoms with Gasteiger partial charge < -0.3 is 20.3 Å². The third-order valence-electron chi connectivity index (χ3n) is 4.74. The van der Waals surface area contributed by atoms with Gasteiger partial charge in [0.15, 0.2) is 5.96 Å². The summed E-state index contributed by atoms with van der Waals surface area (Å²) in [6.45, 7) is 13.0. The molecule has 1 aromatic carbocycles. The molecule has 2 N–H and O–H groups in total. The molecule has 0 aliphatic carbocycles. The van der Waals surface area contributed by atoms with E-state index in [-0.39, 0.29) is 0 Å². The van der Waals surface area contributed by atoms with E-state index in [1.807, 2.05) is 13.1 Å². The maximum Gasteiger partial charge on any atom is 0.191 e. The fourth-order valence-corrected chi connectivity index (χ4v) is 3.08. The molecule has 5 heteroatoms. The zero-order chi connectivity index (χ0) is 19.4. The van der Waals surface area contributed by atoms with Crippen LogP contribution in [0.1, 0.15) is 44.7 Å². The number of nitrogens with zero attached hydrogens (tertiary/aromatic N) is 2. The number of benzene rings is 1. The lowest BCUT2D eigenvalue weighted by atomic mass is 10.1. The van der Waals surface area contributed by atoms with Crippen LogP contribution < -0.4 is 15.4 Å². The fraction of sp³-hybridized carbons (Fsp3) is 0.667. The van der Waals surface area contributed by atoms with E-state index in [1.165, 1.54) is 17.5 Å². The Hall–Kier alpha value is -1.75. The highest BCUT2D eigenvalue weighted by Crippen LogP contribution is 2.19. The lowest BCUT2D eigenvalue weighted by Gasteiger charge is -2.21. The molecule has 5 nitrogen and oxygen atoms in total. The van der Waals surface area contributed by atoms with Crippen molar-refractivity contribution >= 4 is 5.96 Å². The molecule has 0 spiro atoms. The Morgan fingerprint density at radius 3 is 2.62 bits per heavy atom. The van der Waals surface area contributed by atoms with Crippen LogP contribution in [0.2, 0.25) is 0 Å². The summed E-state index contributed by atoms with van der Waals surface area (Å²) in [5.41, 5.74) is 2.48. The predicted molar refractivity (Wildman–Crippen MR) is 112 cm³/mol. The van der Waals surface area contributed by atoms with E-state index in [1.54, 1.807) is 7.11 Å². The quantitative estimate of drug-likeness (QED) is 0.469. The van der Waals surface area contributed by atoms with Crippen LogP contribution in [-0.2, 0) is 6.42 Å². The van der Waals surface area contributed by atoms with E-state index >= 15 is 0 Å². The van der Waals surface area contributed by atoms with Gasteiger partial charge in [-0.2, -0.15) is 0 Å². The minimum Gasteiger partial charge on any atom is -0.496 e. The van der Waals surface area contributed by atoms with Crippen molar-refractivity contribution in [3.05, 3.63) is 29.3 Å². The van der Waals surface area contributed by atoms with Crippen LogP contribution in [0.15, 0.2) is 23.2 Å². The van der Waals surface area contributed by atoms with Gasteiger partial charge in [0, 0.05) is 19.6 Å². The summed E-state index contributed by atoms with van der Waals surface area (Å²) in [5, 5.41) is 6.91. The molecule has 0 aromatic heterocycles. The van der Waals surface area contributed by atoms with Gasteiger partial charge in [0.2, 0.25) is 0 Å². The molecule has 0 amide bonds. The fourth-order valence-electron chi connectivity index (χ4n) is 3.08. The minimum atomic E-state index is 0.408. The molecule has 0 bridgehead atoms. The highest BCUT2D eigenvalue weighted by Gasteiger charge is 2.08. The predicted octanol–water partition coefficient (Wildman–Crippen LogP) is 3.22. The van der Waals surface area contributed by atoms with Gasteiger partial charge in [-0.25, -0.2) is 0 Å². The standard InChI is InChI=1S/C21H38N4O/c1-7-25(8-2)15-9-10-18(4)24-21(22-5)23-14-13-19-16-17(3)11-12-20(19)26-6/h11-12,16,18H,7-10,13-15H2,1-6H3,(H2,22,23,24). The third-order valence-corrected chi connectivity index (χ3v) is 4.74. The van der Waals surface area contributed by atoms with Crippen LogP contribution in [0.3, 0.4) is 0 Å². The molecule has 148 valence electrons. The Morgan fingerprint density at radius 1 is 1.27 bits per heavy atom. The molecule has 0 fully saturated rings. The number of nitrogens with one attached hydrogen (secondary N) is 2. The maximum absolute atomic E-state index is 5.45. The number of hydrogen-bond acceptors (Lipinski definition) is 3. The number of rotatable bonds is 11. The Bertz CT molecular complexity index is 541. The van der Waals surface area contributed by atoms with Crippen LogP contribution in [-0.4, -0.2) is 57.2 Å². The van der Waals surface area contributed by atoms with Crippen molar-refractivity contribution in [1.82, 2.24) is 15.5 Å². The summed E-state index contributed by atoms with van der Waals surface area (Å²) in [4.78, 5) is 6.81. The molecule has 26 heavy (non-hydrogen) atoms. The van der Waals surface area contributed by atoms with Crippen LogP contribution >= 0.6 is 0 Å². The average Bonchev–Trinajstić information content (AvgIpc) is 2.64. The van der Waals surface area contributed by atoms with Crippen LogP contribution in [0.25, 0.3) is 0 Å². The molecular formula is C21H38N4O. The first kappa shape index (κ1) is 22.3. The Kier molecular flexibility index (Phi) is 10.8. The van der Waals surface area contributed by atoms with Gasteiger partial charge in [0.1, 0.15) is 5.75 Å². The van der Waals surface area contributed by atoms with Gasteiger partial charge in [0.25, 0.3) is 0 Å². The van der Waals surface area contributed by atoms with E-state index in [4.69, 9.17) is 4.74 Å². The van der Waals surface area contributed by atoms with Crippen molar-refractivity contribution < 1.29 is 4.74 Å². The molecule has 0 aliphatic heterocycles. The number of ether oxygens (including phenoxy) is 1. The SMILES string of the molecule is CCN(CC)CCCC(C)NC(=NC)NCCc1cc(C)ccc1OC. The molecule has 1 unspecified atom stereocenters. The normalized spacial score (nSPS) is 13.0. The van der Waals surface area contributed by atoms with Crippen LogP contribution in [0.4, 0.5) is 0 Å². The van der Waals surface area contributed by atoms with Crippen LogP contribution in [0, 0.1) is 6.92 Å². The highest BCUT2D eigenvalue weighted by molar-refractivity contribution is 5.79. The molecule has 0 saturated heterocycles. The largest absolute Gasteiger partial charge is 0.496 e. The van der Waals surface area contributed by atoms with Gasteiger partial charge in [0.05, 0.1) is 7.11 Å². The Morgan fingerprint density at radius 2 is 2.00 bits per heavy atom. The second kappa shape index (κ2) is 12.6.